The van der Waals surface area contributed by atoms with Crippen LogP contribution in [-0.2, 0) is 0 Å². The van der Waals surface area contributed by atoms with Crippen molar-refractivity contribution in [3.05, 3.63) is 65.0 Å². The van der Waals surface area contributed by atoms with Gasteiger partial charge in [-0.2, -0.15) is 5.10 Å². The number of carbonyl (C=O) groups is 1. The first kappa shape index (κ1) is 18.5. The Bertz CT molecular complexity index is 971. The zero-order valence-corrected chi connectivity index (χ0v) is 16.8. The van der Waals surface area contributed by atoms with Crippen LogP contribution in [0, 0.1) is 13.8 Å². The number of rotatable bonds is 4. The molecule has 1 N–H and O–H groups in total. The topological polar surface area (TPSA) is 65.4 Å². The fraction of sp³-hybridized carbons (Fsp3) is 0.364. The summed E-state index contributed by atoms with van der Waals surface area (Å²) in [5.74, 6) is 1.75. The molecule has 28 heavy (non-hydrogen) atoms. The SMILES string of the molecule is Cc1ccc([C@@H]2CN(C(=O)c3cc(-c4ccc(C)o4)[nH]n3)C[C@H]2N(C)C)cc1. The van der Waals surface area contributed by atoms with Crippen molar-refractivity contribution < 1.29 is 9.21 Å². The molecule has 0 radical (unpaired) electrons. The van der Waals surface area contributed by atoms with Crippen molar-refractivity contribution >= 4 is 5.91 Å². The molecule has 1 aliphatic rings. The van der Waals surface area contributed by atoms with Gasteiger partial charge >= 0.3 is 0 Å². The Kier molecular flexibility index (Phi) is 4.81. The van der Waals surface area contributed by atoms with E-state index in [-0.39, 0.29) is 17.9 Å². The first-order valence-corrected chi connectivity index (χ1v) is 9.57. The number of aromatic nitrogens is 2. The van der Waals surface area contributed by atoms with Crippen LogP contribution in [0.1, 0.15) is 33.3 Å². The minimum Gasteiger partial charge on any atom is -0.460 e. The second kappa shape index (κ2) is 7.28. The number of aryl methyl sites for hydroxylation is 2. The van der Waals surface area contributed by atoms with E-state index in [0.29, 0.717) is 24.5 Å². The smallest absolute Gasteiger partial charge is 0.274 e. The number of amides is 1. The van der Waals surface area contributed by atoms with Crippen molar-refractivity contribution in [1.29, 1.82) is 0 Å². The third-order valence-corrected chi connectivity index (χ3v) is 5.55. The molecule has 0 saturated carbocycles. The largest absolute Gasteiger partial charge is 0.460 e. The van der Waals surface area contributed by atoms with E-state index >= 15 is 0 Å². The summed E-state index contributed by atoms with van der Waals surface area (Å²) in [6.45, 7) is 5.36. The lowest BCUT2D eigenvalue weighted by atomic mass is 9.93. The van der Waals surface area contributed by atoms with Crippen LogP contribution in [0.25, 0.3) is 11.5 Å². The van der Waals surface area contributed by atoms with Crippen molar-refractivity contribution in [1.82, 2.24) is 20.0 Å². The number of likely N-dealkylation sites (N-methyl/N-ethyl adjacent to an activating group) is 1. The van der Waals surface area contributed by atoms with Gasteiger partial charge in [0.25, 0.3) is 5.91 Å². The minimum absolute atomic E-state index is 0.0489. The molecule has 4 rings (SSSR count). The Morgan fingerprint density at radius 3 is 2.54 bits per heavy atom. The third-order valence-electron chi connectivity index (χ3n) is 5.55. The summed E-state index contributed by atoms with van der Waals surface area (Å²) >= 11 is 0. The molecule has 1 aromatic carbocycles. The maximum Gasteiger partial charge on any atom is 0.274 e. The van der Waals surface area contributed by atoms with Crippen molar-refractivity contribution in [3.8, 4) is 11.5 Å². The van der Waals surface area contributed by atoms with E-state index in [1.54, 1.807) is 6.07 Å². The Hall–Kier alpha value is -2.86. The van der Waals surface area contributed by atoms with Crippen molar-refractivity contribution in [3.63, 3.8) is 0 Å². The average molecular weight is 378 g/mol. The molecular weight excluding hydrogens is 352 g/mol. The number of carbonyl (C=O) groups excluding carboxylic acids is 1. The summed E-state index contributed by atoms with van der Waals surface area (Å²) in [6, 6.07) is 14.4. The average Bonchev–Trinajstić information content (AvgIpc) is 3.40. The highest BCUT2D eigenvalue weighted by Gasteiger charge is 2.38. The lowest BCUT2D eigenvalue weighted by Gasteiger charge is -2.25. The predicted molar refractivity (Wildman–Crippen MR) is 108 cm³/mol. The summed E-state index contributed by atoms with van der Waals surface area (Å²) in [4.78, 5) is 17.2. The molecular formula is C22H26N4O2. The number of nitrogens with zero attached hydrogens (tertiary/aromatic N) is 3. The molecule has 1 saturated heterocycles. The molecule has 1 amide bonds. The third kappa shape index (κ3) is 3.47. The fourth-order valence-corrected chi connectivity index (χ4v) is 3.92. The van der Waals surface area contributed by atoms with Crippen molar-refractivity contribution in [2.75, 3.05) is 27.2 Å². The number of furan rings is 1. The number of benzene rings is 1. The van der Waals surface area contributed by atoms with Crippen molar-refractivity contribution in [2.24, 2.45) is 0 Å². The van der Waals surface area contributed by atoms with E-state index in [9.17, 15) is 4.79 Å². The summed E-state index contributed by atoms with van der Waals surface area (Å²) in [6.07, 6.45) is 0. The van der Waals surface area contributed by atoms with E-state index in [0.717, 1.165) is 11.5 Å². The van der Waals surface area contributed by atoms with E-state index in [2.05, 4.69) is 60.4 Å². The van der Waals surface area contributed by atoms with Gasteiger partial charge in [-0.3, -0.25) is 9.89 Å². The lowest BCUT2D eigenvalue weighted by molar-refractivity contribution is 0.0776. The lowest BCUT2D eigenvalue weighted by Crippen LogP contribution is -2.36. The van der Waals surface area contributed by atoms with Crippen LogP contribution in [0.15, 0.2) is 46.9 Å². The molecule has 0 unspecified atom stereocenters. The number of aromatic amines is 1. The van der Waals surface area contributed by atoms with Crippen LogP contribution in [0.4, 0.5) is 0 Å². The molecule has 2 aromatic heterocycles. The Balaban J connectivity index is 1.55. The van der Waals surface area contributed by atoms with Gasteiger partial charge in [-0.05, 0) is 45.6 Å². The maximum atomic E-state index is 13.1. The molecule has 0 spiro atoms. The summed E-state index contributed by atoms with van der Waals surface area (Å²) in [7, 11) is 4.15. The molecule has 3 heterocycles. The van der Waals surface area contributed by atoms with Crippen LogP contribution in [0.3, 0.4) is 0 Å². The molecule has 6 heteroatoms. The molecule has 0 bridgehead atoms. The van der Waals surface area contributed by atoms with Gasteiger partial charge in [0.05, 0.1) is 0 Å². The zero-order chi connectivity index (χ0) is 19.8. The van der Waals surface area contributed by atoms with Crippen LogP contribution in [0.5, 0.6) is 0 Å². The van der Waals surface area contributed by atoms with Gasteiger partial charge in [0.2, 0.25) is 0 Å². The standard InChI is InChI=1S/C22H26N4O2/c1-14-5-8-16(9-6-14)17-12-26(13-20(17)25(3)4)22(27)19-11-18(23-24-19)21-10-7-15(2)28-21/h5-11,17,20H,12-13H2,1-4H3,(H,23,24)/t17-,20+/m0/s1. The maximum absolute atomic E-state index is 13.1. The van der Waals surface area contributed by atoms with Gasteiger partial charge in [0.15, 0.2) is 11.5 Å². The quantitative estimate of drug-likeness (QED) is 0.755. The summed E-state index contributed by atoms with van der Waals surface area (Å²) in [5, 5.41) is 7.16. The first-order chi connectivity index (χ1) is 13.4. The minimum atomic E-state index is -0.0489. The highest BCUT2D eigenvalue weighted by atomic mass is 16.3. The van der Waals surface area contributed by atoms with E-state index in [1.165, 1.54) is 11.1 Å². The second-order valence-electron chi connectivity index (χ2n) is 7.84. The number of hydrogen-bond acceptors (Lipinski definition) is 4. The van der Waals surface area contributed by atoms with Gasteiger partial charge in [0.1, 0.15) is 11.5 Å². The van der Waals surface area contributed by atoms with Crippen molar-refractivity contribution in [2.45, 2.75) is 25.8 Å². The molecule has 2 atom stereocenters. The van der Waals surface area contributed by atoms with Crippen LogP contribution >= 0.6 is 0 Å². The summed E-state index contributed by atoms with van der Waals surface area (Å²) in [5.41, 5.74) is 3.66. The highest BCUT2D eigenvalue weighted by molar-refractivity contribution is 5.93. The van der Waals surface area contributed by atoms with Crippen LogP contribution in [0.2, 0.25) is 0 Å². The van der Waals surface area contributed by atoms with Gasteiger partial charge in [-0.25, -0.2) is 0 Å². The van der Waals surface area contributed by atoms with Gasteiger partial charge in [0, 0.05) is 31.1 Å². The van der Waals surface area contributed by atoms with E-state index in [4.69, 9.17) is 4.42 Å². The molecule has 1 aliphatic heterocycles. The second-order valence-corrected chi connectivity index (χ2v) is 7.84. The van der Waals surface area contributed by atoms with E-state index in [1.807, 2.05) is 24.0 Å². The zero-order valence-electron chi connectivity index (χ0n) is 16.8. The molecule has 6 nitrogen and oxygen atoms in total. The fourth-order valence-electron chi connectivity index (χ4n) is 3.92. The highest BCUT2D eigenvalue weighted by Crippen LogP contribution is 2.31. The van der Waals surface area contributed by atoms with Crippen LogP contribution in [-0.4, -0.2) is 59.1 Å². The first-order valence-electron chi connectivity index (χ1n) is 9.57. The van der Waals surface area contributed by atoms with Gasteiger partial charge in [-0.1, -0.05) is 29.8 Å². The number of likely N-dealkylation sites (tertiary alicyclic amines) is 1. The molecule has 3 aromatic rings. The number of nitrogens with one attached hydrogen (secondary N) is 1. The van der Waals surface area contributed by atoms with Gasteiger partial charge in [-0.15, -0.1) is 0 Å². The van der Waals surface area contributed by atoms with Gasteiger partial charge < -0.3 is 14.2 Å². The number of H-pyrrole nitrogens is 1. The number of hydrogen-bond donors (Lipinski definition) is 1. The van der Waals surface area contributed by atoms with E-state index < -0.39 is 0 Å². The van der Waals surface area contributed by atoms with Crippen LogP contribution < -0.4 is 0 Å². The Morgan fingerprint density at radius 2 is 1.89 bits per heavy atom. The Labute approximate surface area is 165 Å². The monoisotopic (exact) mass is 378 g/mol. The Morgan fingerprint density at radius 1 is 1.14 bits per heavy atom. The molecule has 1 fully saturated rings. The normalized spacial score (nSPS) is 19.5. The summed E-state index contributed by atoms with van der Waals surface area (Å²) < 4.78 is 5.62. The predicted octanol–water partition coefficient (Wildman–Crippen LogP) is 3.46. The molecule has 146 valence electrons. The molecule has 0 aliphatic carbocycles.